The summed E-state index contributed by atoms with van der Waals surface area (Å²) in [5.41, 5.74) is 0.665. The molecule has 1 spiro atoms. The molecule has 6 heteroatoms. The maximum absolute atomic E-state index is 11.4. The van der Waals surface area contributed by atoms with Crippen LogP contribution in [0.2, 0.25) is 0 Å². The quantitative estimate of drug-likeness (QED) is 0.389. The SMILES string of the molecule is COC(=O)COC1C2CC3C4(COC(=O)I)CC1CC3(C2)C4. The highest BCUT2D eigenvalue weighted by Gasteiger charge is 2.74. The highest BCUT2D eigenvalue weighted by atomic mass is 127. The van der Waals surface area contributed by atoms with Crippen molar-refractivity contribution in [2.24, 2.45) is 28.6 Å². The number of halogens is 1. The predicted octanol–water partition coefficient (Wildman–Crippen LogP) is 2.94. The molecule has 0 aromatic carbocycles. The van der Waals surface area contributed by atoms with Crippen molar-refractivity contribution in [1.29, 1.82) is 0 Å². The van der Waals surface area contributed by atoms with E-state index in [0.29, 0.717) is 29.8 Å². The second-order valence-corrected chi connectivity index (χ2v) is 8.58. The summed E-state index contributed by atoms with van der Waals surface area (Å²) in [5.74, 6) is 1.45. The number of carbonyl (C=O) groups is 2. The van der Waals surface area contributed by atoms with Crippen LogP contribution in [0.3, 0.4) is 0 Å². The lowest BCUT2D eigenvalue weighted by molar-refractivity contribution is -0.218. The van der Waals surface area contributed by atoms with E-state index in [2.05, 4.69) is 0 Å². The largest absolute Gasteiger partial charge is 0.467 e. The topological polar surface area (TPSA) is 61.8 Å². The summed E-state index contributed by atoms with van der Waals surface area (Å²) in [7, 11) is 1.39. The number of esters is 1. The molecular weight excluding hydrogens is 399 g/mol. The molecule has 0 aromatic heterocycles. The van der Waals surface area contributed by atoms with Gasteiger partial charge in [-0.25, -0.2) is 9.59 Å². The van der Waals surface area contributed by atoms with Gasteiger partial charge in [0, 0.05) is 5.41 Å². The Morgan fingerprint density at radius 1 is 1.23 bits per heavy atom. The molecule has 0 amide bonds. The predicted molar refractivity (Wildman–Crippen MR) is 85.5 cm³/mol. The van der Waals surface area contributed by atoms with E-state index in [1.807, 2.05) is 0 Å². The lowest BCUT2D eigenvalue weighted by Crippen LogP contribution is -2.63. The molecule has 5 aliphatic rings. The van der Waals surface area contributed by atoms with Crippen molar-refractivity contribution in [3.8, 4) is 0 Å². The Balaban J connectivity index is 1.49. The third-order valence-electron chi connectivity index (χ3n) is 6.75. The van der Waals surface area contributed by atoms with Crippen molar-refractivity contribution in [3.05, 3.63) is 0 Å². The Morgan fingerprint density at radius 3 is 2.73 bits per heavy atom. The molecule has 5 fully saturated rings. The summed E-state index contributed by atoms with van der Waals surface area (Å²) >= 11 is 1.71. The van der Waals surface area contributed by atoms with E-state index in [4.69, 9.17) is 14.2 Å². The van der Waals surface area contributed by atoms with Gasteiger partial charge in [-0.2, -0.15) is 0 Å². The fourth-order valence-electron chi connectivity index (χ4n) is 6.49. The first kappa shape index (κ1) is 15.2. The zero-order chi connectivity index (χ0) is 15.5. The first-order valence-corrected chi connectivity index (χ1v) is 9.07. The molecule has 0 aromatic rings. The van der Waals surface area contributed by atoms with E-state index in [1.165, 1.54) is 32.8 Å². The van der Waals surface area contributed by atoms with Crippen LogP contribution in [-0.4, -0.2) is 36.4 Å². The van der Waals surface area contributed by atoms with E-state index in [0.717, 1.165) is 6.42 Å². The molecule has 5 saturated carbocycles. The monoisotopic (exact) mass is 420 g/mol. The van der Waals surface area contributed by atoms with Crippen molar-refractivity contribution in [1.82, 2.24) is 0 Å². The fraction of sp³-hybridized carbons (Fsp3) is 0.875. The van der Waals surface area contributed by atoms with Crippen molar-refractivity contribution < 1.29 is 23.8 Å². The summed E-state index contributed by atoms with van der Waals surface area (Å²) in [5, 5.41) is 0. The van der Waals surface area contributed by atoms with Gasteiger partial charge in [0.25, 0.3) is 0 Å². The van der Waals surface area contributed by atoms with Crippen LogP contribution < -0.4 is 0 Å². The van der Waals surface area contributed by atoms with Gasteiger partial charge in [0.1, 0.15) is 6.61 Å². The summed E-state index contributed by atoms with van der Waals surface area (Å²) in [6, 6.07) is 0. The molecule has 0 radical (unpaired) electrons. The number of carbonyl (C=O) groups excluding carboxylic acids is 2. The molecule has 0 heterocycles. The summed E-state index contributed by atoms with van der Waals surface area (Å²) in [6.45, 7) is 0.621. The molecule has 5 nitrogen and oxygen atoms in total. The number of hydrogen-bond acceptors (Lipinski definition) is 5. The summed E-state index contributed by atoms with van der Waals surface area (Å²) in [6.07, 6.45) is 6.08. The van der Waals surface area contributed by atoms with Crippen LogP contribution in [-0.2, 0) is 19.0 Å². The lowest BCUT2D eigenvalue weighted by atomic mass is 9.38. The first-order chi connectivity index (χ1) is 10.5. The molecule has 5 rings (SSSR count). The van der Waals surface area contributed by atoms with Crippen LogP contribution in [0.4, 0.5) is 4.79 Å². The van der Waals surface area contributed by atoms with Crippen molar-refractivity contribution in [2.45, 2.75) is 38.2 Å². The van der Waals surface area contributed by atoms with Gasteiger partial charge < -0.3 is 14.2 Å². The summed E-state index contributed by atoms with van der Waals surface area (Å²) in [4.78, 5) is 22.6. The van der Waals surface area contributed by atoms with Gasteiger partial charge in [0.2, 0.25) is 0 Å². The smallest absolute Gasteiger partial charge is 0.367 e. The Labute approximate surface area is 143 Å². The minimum absolute atomic E-state index is 0.0571. The molecule has 4 bridgehead atoms. The van der Waals surface area contributed by atoms with Crippen LogP contribution in [0.1, 0.15) is 32.1 Å². The van der Waals surface area contributed by atoms with Crippen molar-refractivity contribution in [2.75, 3.05) is 20.3 Å². The Hall–Kier alpha value is -0.370. The van der Waals surface area contributed by atoms with Crippen LogP contribution in [0.15, 0.2) is 0 Å². The van der Waals surface area contributed by atoms with Gasteiger partial charge in [-0.05, 0) is 55.3 Å². The Kier molecular flexibility index (Phi) is 3.49. The number of fused-ring (bicyclic) bond motifs is 1. The molecule has 6 unspecified atom stereocenters. The van der Waals surface area contributed by atoms with Crippen molar-refractivity contribution in [3.63, 3.8) is 0 Å². The number of rotatable bonds is 5. The maximum atomic E-state index is 11.4. The summed E-state index contributed by atoms with van der Waals surface area (Å²) < 4.78 is 15.8. The van der Waals surface area contributed by atoms with E-state index in [-0.39, 0.29) is 28.1 Å². The average molecular weight is 420 g/mol. The van der Waals surface area contributed by atoms with Gasteiger partial charge in [-0.3, -0.25) is 0 Å². The van der Waals surface area contributed by atoms with E-state index >= 15 is 0 Å². The molecule has 22 heavy (non-hydrogen) atoms. The van der Waals surface area contributed by atoms with Crippen LogP contribution in [0, 0.1) is 28.6 Å². The van der Waals surface area contributed by atoms with Crippen LogP contribution in [0.25, 0.3) is 0 Å². The normalized spacial score (nSPS) is 47.0. The van der Waals surface area contributed by atoms with Gasteiger partial charge in [-0.15, -0.1) is 0 Å². The second kappa shape index (κ2) is 5.06. The number of hydrogen-bond donors (Lipinski definition) is 0. The third-order valence-corrected chi connectivity index (χ3v) is 7.06. The lowest BCUT2D eigenvalue weighted by Gasteiger charge is -2.67. The molecular formula is C16H21IO5. The zero-order valence-corrected chi connectivity index (χ0v) is 14.8. The first-order valence-electron chi connectivity index (χ1n) is 7.99. The van der Waals surface area contributed by atoms with Gasteiger partial charge in [-0.1, -0.05) is 0 Å². The van der Waals surface area contributed by atoms with Crippen LogP contribution in [0.5, 0.6) is 0 Å². The molecule has 6 atom stereocenters. The van der Waals surface area contributed by atoms with E-state index in [1.54, 1.807) is 22.6 Å². The molecule has 0 aliphatic heterocycles. The number of methoxy groups -OCH3 is 1. The van der Waals surface area contributed by atoms with E-state index < -0.39 is 0 Å². The van der Waals surface area contributed by atoms with Gasteiger partial charge in [0.05, 0.1) is 42.4 Å². The molecule has 0 N–H and O–H groups in total. The Bertz CT molecular complexity index is 523. The number of ether oxygens (including phenoxy) is 3. The van der Waals surface area contributed by atoms with E-state index in [9.17, 15) is 9.59 Å². The minimum atomic E-state index is -0.299. The maximum Gasteiger partial charge on any atom is 0.367 e. The van der Waals surface area contributed by atoms with Crippen LogP contribution >= 0.6 is 22.6 Å². The molecule has 0 saturated heterocycles. The highest BCUT2D eigenvalue weighted by molar-refractivity contribution is 14.1. The molecule has 5 aliphatic carbocycles. The van der Waals surface area contributed by atoms with Gasteiger partial charge in [0.15, 0.2) is 0 Å². The Morgan fingerprint density at radius 2 is 2.00 bits per heavy atom. The van der Waals surface area contributed by atoms with Gasteiger partial charge >= 0.3 is 9.95 Å². The standard InChI is InChI=1S/C16H21IO5/c1-20-12(18)6-21-13-9-2-11-15(3-9)4-10(13)5-16(11,7-15)8-22-14(17)19/h9-11,13H,2-8H2,1H3. The highest BCUT2D eigenvalue weighted by Crippen LogP contribution is 2.79. The minimum Gasteiger partial charge on any atom is -0.467 e. The third kappa shape index (κ3) is 2.05. The average Bonchev–Trinajstić information content (AvgIpc) is 2.70. The molecule has 122 valence electrons. The second-order valence-electron chi connectivity index (χ2n) is 7.70. The fourth-order valence-corrected chi connectivity index (χ4v) is 6.65. The van der Waals surface area contributed by atoms with Crippen molar-refractivity contribution >= 4 is 32.5 Å². The zero-order valence-electron chi connectivity index (χ0n) is 12.7.